The Morgan fingerprint density at radius 1 is 1.44 bits per heavy atom. The number of aromatic amines is 1. The van der Waals surface area contributed by atoms with Crippen molar-refractivity contribution < 1.29 is 5.11 Å². The number of phenolic OH excluding ortho intramolecular Hbond substituents is 1. The van der Waals surface area contributed by atoms with Crippen molar-refractivity contribution in [2.45, 2.75) is 13.5 Å². The summed E-state index contributed by atoms with van der Waals surface area (Å²) in [4.78, 5) is 30.3. The maximum Gasteiger partial charge on any atom is 0.329 e. The molecule has 0 aliphatic rings. The fourth-order valence-electron chi connectivity index (χ4n) is 2.42. The highest BCUT2D eigenvalue weighted by Crippen LogP contribution is 2.20. The van der Waals surface area contributed by atoms with Gasteiger partial charge in [-0.15, -0.1) is 0 Å². The van der Waals surface area contributed by atoms with Crippen LogP contribution in [-0.4, -0.2) is 30.4 Å². The number of anilines is 1. The Bertz CT molecular complexity index is 1100. The van der Waals surface area contributed by atoms with Gasteiger partial charge in [0.05, 0.1) is 6.21 Å². The molecule has 1 aromatic carbocycles. The first kappa shape index (κ1) is 17.0. The molecule has 3 N–H and O–H groups in total. The van der Waals surface area contributed by atoms with Crippen molar-refractivity contribution in [3.8, 4) is 5.75 Å². The number of phenols is 1. The number of hydrazone groups is 1. The zero-order valence-electron chi connectivity index (χ0n) is 13.4. The first-order chi connectivity index (χ1) is 11.9. The molecule has 0 aliphatic heterocycles. The molecule has 0 aliphatic carbocycles. The highest BCUT2D eigenvalue weighted by molar-refractivity contribution is 9.10. The molecule has 0 saturated heterocycles. The Morgan fingerprint density at radius 2 is 2.20 bits per heavy atom. The normalized spacial score (nSPS) is 11.5. The summed E-state index contributed by atoms with van der Waals surface area (Å²) in [6.07, 6.45) is 1.43. The number of hydrogen-bond donors (Lipinski definition) is 3. The number of H-pyrrole nitrogens is 1. The predicted molar refractivity (Wildman–Crippen MR) is 98.3 cm³/mol. The van der Waals surface area contributed by atoms with Crippen LogP contribution in [0.1, 0.15) is 12.5 Å². The van der Waals surface area contributed by atoms with E-state index in [4.69, 9.17) is 0 Å². The van der Waals surface area contributed by atoms with Crippen LogP contribution < -0.4 is 16.7 Å². The number of benzene rings is 1. The lowest BCUT2D eigenvalue weighted by Crippen LogP contribution is -2.29. The van der Waals surface area contributed by atoms with Crippen molar-refractivity contribution >= 4 is 39.3 Å². The molecule has 2 aromatic heterocycles. The highest BCUT2D eigenvalue weighted by Gasteiger charge is 2.15. The van der Waals surface area contributed by atoms with Crippen LogP contribution in [0.15, 0.2) is 37.4 Å². The van der Waals surface area contributed by atoms with Crippen molar-refractivity contribution in [1.29, 1.82) is 0 Å². The van der Waals surface area contributed by atoms with Crippen molar-refractivity contribution in [2.24, 2.45) is 12.1 Å². The summed E-state index contributed by atoms with van der Waals surface area (Å²) in [6.45, 7) is 2.30. The summed E-state index contributed by atoms with van der Waals surface area (Å²) >= 11 is 3.32. The summed E-state index contributed by atoms with van der Waals surface area (Å²) in [7, 11) is 1.53. The molecule has 0 bridgehead atoms. The van der Waals surface area contributed by atoms with E-state index in [9.17, 15) is 14.7 Å². The molecule has 0 radical (unpaired) electrons. The van der Waals surface area contributed by atoms with E-state index in [1.165, 1.54) is 17.8 Å². The minimum absolute atomic E-state index is 0.0802. The van der Waals surface area contributed by atoms with Crippen LogP contribution in [0, 0.1) is 0 Å². The monoisotopic (exact) mass is 406 g/mol. The maximum absolute atomic E-state index is 12.1. The highest BCUT2D eigenvalue weighted by atomic mass is 79.9. The average molecular weight is 407 g/mol. The standard InChI is InChI=1S/C15H15BrN6O3/c1-3-22-11-12(21(2)15(25)19-13(11)24)18-14(22)20-17-7-8-6-9(16)4-5-10(8)23/h4-7,23H,3H2,1-2H3,(H,18,20)(H,19,24,25). The van der Waals surface area contributed by atoms with E-state index >= 15 is 0 Å². The number of fused-ring (bicyclic) bond motifs is 1. The second-order valence-corrected chi connectivity index (χ2v) is 6.16. The van der Waals surface area contributed by atoms with E-state index in [1.54, 1.807) is 22.8 Å². The van der Waals surface area contributed by atoms with Crippen LogP contribution in [0.5, 0.6) is 5.75 Å². The van der Waals surface area contributed by atoms with Gasteiger partial charge >= 0.3 is 5.69 Å². The first-order valence-electron chi connectivity index (χ1n) is 7.39. The Morgan fingerprint density at radius 3 is 2.92 bits per heavy atom. The largest absolute Gasteiger partial charge is 0.507 e. The van der Waals surface area contributed by atoms with E-state index in [0.29, 0.717) is 18.1 Å². The number of aromatic nitrogens is 4. The van der Waals surface area contributed by atoms with E-state index < -0.39 is 11.2 Å². The number of hydrogen-bond acceptors (Lipinski definition) is 6. The molecule has 2 heterocycles. The van der Waals surface area contributed by atoms with Crippen LogP contribution in [-0.2, 0) is 13.6 Å². The summed E-state index contributed by atoms with van der Waals surface area (Å²) in [6, 6.07) is 4.96. The molecule has 3 rings (SSSR count). The van der Waals surface area contributed by atoms with Crippen molar-refractivity contribution in [3.63, 3.8) is 0 Å². The first-order valence-corrected chi connectivity index (χ1v) is 8.18. The third-order valence-corrected chi connectivity index (χ3v) is 4.17. The van der Waals surface area contributed by atoms with Gasteiger partial charge in [-0.05, 0) is 25.1 Å². The molecule has 25 heavy (non-hydrogen) atoms. The quantitative estimate of drug-likeness (QED) is 0.446. The SMILES string of the molecule is CCn1c(NN=Cc2cc(Br)ccc2O)nc2c1c(=O)[nH]c(=O)n2C. The van der Waals surface area contributed by atoms with Gasteiger partial charge in [-0.3, -0.25) is 14.3 Å². The minimum atomic E-state index is -0.535. The van der Waals surface area contributed by atoms with Crippen LogP contribution in [0.4, 0.5) is 5.95 Å². The Hall–Kier alpha value is -2.88. The summed E-state index contributed by atoms with van der Waals surface area (Å²) in [5, 5.41) is 13.9. The number of rotatable bonds is 4. The number of imidazole rings is 1. The molecule has 9 nitrogen and oxygen atoms in total. The zero-order chi connectivity index (χ0) is 18.1. The smallest absolute Gasteiger partial charge is 0.329 e. The Labute approximate surface area is 149 Å². The topological polar surface area (TPSA) is 117 Å². The van der Waals surface area contributed by atoms with Crippen LogP contribution >= 0.6 is 15.9 Å². The molecule has 0 unspecified atom stereocenters. The van der Waals surface area contributed by atoms with Gasteiger partial charge in [-0.25, -0.2) is 10.2 Å². The zero-order valence-corrected chi connectivity index (χ0v) is 15.0. The number of halogens is 1. The van der Waals surface area contributed by atoms with Gasteiger partial charge < -0.3 is 9.67 Å². The molecule has 130 valence electrons. The molecule has 3 aromatic rings. The fraction of sp³-hybridized carbons (Fsp3) is 0.200. The van der Waals surface area contributed by atoms with Crippen LogP contribution in [0.2, 0.25) is 0 Å². The molecule has 0 amide bonds. The lowest BCUT2D eigenvalue weighted by Gasteiger charge is -2.04. The predicted octanol–water partition coefficient (Wildman–Crippen LogP) is 1.36. The number of nitrogens with zero attached hydrogens (tertiary/aromatic N) is 4. The third-order valence-electron chi connectivity index (χ3n) is 3.68. The molecule has 10 heteroatoms. The average Bonchev–Trinajstić information content (AvgIpc) is 2.95. The van der Waals surface area contributed by atoms with Gasteiger partial charge in [0, 0.05) is 23.6 Å². The third kappa shape index (κ3) is 3.07. The van der Waals surface area contributed by atoms with Gasteiger partial charge in [0.25, 0.3) is 5.56 Å². The van der Waals surface area contributed by atoms with E-state index in [0.717, 1.165) is 4.47 Å². The van der Waals surface area contributed by atoms with Crippen molar-refractivity contribution in [3.05, 3.63) is 49.1 Å². The molecule has 0 atom stereocenters. The van der Waals surface area contributed by atoms with Gasteiger partial charge in [0.15, 0.2) is 11.2 Å². The van der Waals surface area contributed by atoms with Crippen molar-refractivity contribution in [2.75, 3.05) is 5.43 Å². The minimum Gasteiger partial charge on any atom is -0.507 e. The van der Waals surface area contributed by atoms with E-state index in [-0.39, 0.29) is 16.9 Å². The van der Waals surface area contributed by atoms with Crippen molar-refractivity contribution in [1.82, 2.24) is 19.1 Å². The molecule has 0 spiro atoms. The number of aryl methyl sites for hydroxylation is 2. The number of aromatic hydroxyl groups is 1. The second-order valence-electron chi connectivity index (χ2n) is 5.24. The molecular formula is C15H15BrN6O3. The van der Waals surface area contributed by atoms with Gasteiger partial charge in [-0.1, -0.05) is 15.9 Å². The maximum atomic E-state index is 12.1. The lowest BCUT2D eigenvalue weighted by atomic mass is 10.2. The van der Waals surface area contributed by atoms with Gasteiger partial charge in [0.1, 0.15) is 5.75 Å². The lowest BCUT2D eigenvalue weighted by molar-refractivity contribution is 0.474. The number of nitrogens with one attached hydrogen (secondary N) is 2. The molecule has 0 fully saturated rings. The van der Waals surface area contributed by atoms with Gasteiger partial charge in [-0.2, -0.15) is 10.1 Å². The van der Waals surface area contributed by atoms with Crippen LogP contribution in [0.3, 0.4) is 0 Å². The van der Waals surface area contributed by atoms with Crippen LogP contribution in [0.25, 0.3) is 11.2 Å². The second kappa shape index (κ2) is 6.55. The summed E-state index contributed by atoms with van der Waals surface area (Å²) in [5.41, 5.74) is 2.76. The fourth-order valence-corrected chi connectivity index (χ4v) is 2.79. The van der Waals surface area contributed by atoms with Gasteiger partial charge in [0.2, 0.25) is 5.95 Å². The van der Waals surface area contributed by atoms with E-state index in [1.807, 2.05) is 6.92 Å². The molecular weight excluding hydrogens is 392 g/mol. The Balaban J connectivity index is 2.02. The summed E-state index contributed by atoms with van der Waals surface area (Å²) in [5.74, 6) is 0.395. The Kier molecular flexibility index (Phi) is 4.45. The summed E-state index contributed by atoms with van der Waals surface area (Å²) < 4.78 is 3.68. The van der Waals surface area contributed by atoms with E-state index in [2.05, 4.69) is 36.4 Å². The molecule has 0 saturated carbocycles.